The Morgan fingerprint density at radius 1 is 1.11 bits per heavy atom. The molecule has 0 heterocycles. The minimum atomic E-state index is -0.187. The molecule has 1 atom stereocenters. The standard InChI is InChI=1S/C15H13Br2F/c1-10-5-2-3-6-11(10)9-14(17)12-7-4-8-13(16)15(12)18/h2-8,14H,9H2,1H3. The highest BCUT2D eigenvalue weighted by Crippen LogP contribution is 2.32. The summed E-state index contributed by atoms with van der Waals surface area (Å²) in [6.07, 6.45) is 0.778. The van der Waals surface area contributed by atoms with Crippen LogP contribution in [0.2, 0.25) is 0 Å². The van der Waals surface area contributed by atoms with Crippen LogP contribution in [-0.2, 0) is 6.42 Å². The normalized spacial score (nSPS) is 12.4. The van der Waals surface area contributed by atoms with Crippen molar-refractivity contribution in [3.8, 4) is 0 Å². The van der Waals surface area contributed by atoms with E-state index in [4.69, 9.17) is 0 Å². The highest BCUT2D eigenvalue weighted by Gasteiger charge is 2.15. The topological polar surface area (TPSA) is 0 Å². The molecule has 2 rings (SSSR count). The molecule has 0 aliphatic carbocycles. The van der Waals surface area contributed by atoms with Gasteiger partial charge in [0.2, 0.25) is 0 Å². The van der Waals surface area contributed by atoms with Gasteiger partial charge in [-0.15, -0.1) is 0 Å². The van der Waals surface area contributed by atoms with Gasteiger partial charge >= 0.3 is 0 Å². The number of benzene rings is 2. The summed E-state index contributed by atoms with van der Waals surface area (Å²) in [5, 5.41) is 0. The first kappa shape index (κ1) is 13.8. The van der Waals surface area contributed by atoms with Gasteiger partial charge in [0, 0.05) is 10.4 Å². The van der Waals surface area contributed by atoms with Crippen LogP contribution in [-0.4, -0.2) is 0 Å². The number of hydrogen-bond donors (Lipinski definition) is 0. The first-order chi connectivity index (χ1) is 8.59. The molecule has 0 saturated carbocycles. The first-order valence-corrected chi connectivity index (χ1v) is 7.43. The Balaban J connectivity index is 2.25. The Morgan fingerprint density at radius 2 is 1.83 bits per heavy atom. The fourth-order valence-corrected chi connectivity index (χ4v) is 2.99. The largest absolute Gasteiger partial charge is 0.205 e. The van der Waals surface area contributed by atoms with Gasteiger partial charge in [0.25, 0.3) is 0 Å². The molecule has 2 aromatic carbocycles. The van der Waals surface area contributed by atoms with Crippen LogP contribution in [0.25, 0.3) is 0 Å². The summed E-state index contributed by atoms with van der Waals surface area (Å²) in [5.41, 5.74) is 3.16. The summed E-state index contributed by atoms with van der Waals surface area (Å²) >= 11 is 6.80. The van der Waals surface area contributed by atoms with Crippen molar-refractivity contribution in [2.75, 3.05) is 0 Å². The number of rotatable bonds is 3. The van der Waals surface area contributed by atoms with E-state index in [1.54, 1.807) is 6.07 Å². The zero-order valence-electron chi connectivity index (χ0n) is 9.96. The van der Waals surface area contributed by atoms with Gasteiger partial charge in [0.05, 0.1) is 4.47 Å². The SMILES string of the molecule is Cc1ccccc1CC(Br)c1cccc(Br)c1F. The summed E-state index contributed by atoms with van der Waals surface area (Å²) in [4.78, 5) is -0.0175. The van der Waals surface area contributed by atoms with Crippen LogP contribution < -0.4 is 0 Å². The molecular weight excluding hydrogens is 359 g/mol. The molecule has 0 fully saturated rings. The molecule has 1 unspecified atom stereocenters. The summed E-state index contributed by atoms with van der Waals surface area (Å²) in [7, 11) is 0. The molecule has 0 saturated heterocycles. The minimum Gasteiger partial charge on any atom is -0.205 e. The van der Waals surface area contributed by atoms with E-state index < -0.39 is 0 Å². The number of alkyl halides is 1. The molecule has 3 heteroatoms. The van der Waals surface area contributed by atoms with Crippen molar-refractivity contribution in [1.29, 1.82) is 0 Å². The lowest BCUT2D eigenvalue weighted by molar-refractivity contribution is 0.601. The highest BCUT2D eigenvalue weighted by molar-refractivity contribution is 9.10. The van der Waals surface area contributed by atoms with Crippen LogP contribution in [0.4, 0.5) is 4.39 Å². The Hall–Kier alpha value is -0.670. The molecule has 94 valence electrons. The predicted octanol–water partition coefficient (Wildman–Crippen LogP) is 5.58. The molecule has 0 bridgehead atoms. The van der Waals surface area contributed by atoms with Crippen molar-refractivity contribution in [2.45, 2.75) is 18.2 Å². The van der Waals surface area contributed by atoms with Gasteiger partial charge in [-0.1, -0.05) is 52.3 Å². The first-order valence-electron chi connectivity index (χ1n) is 5.72. The van der Waals surface area contributed by atoms with Crippen LogP contribution >= 0.6 is 31.9 Å². The monoisotopic (exact) mass is 370 g/mol. The molecule has 2 aromatic rings. The number of aryl methyl sites for hydroxylation is 1. The van der Waals surface area contributed by atoms with Crippen LogP contribution in [0, 0.1) is 12.7 Å². The predicted molar refractivity (Wildman–Crippen MR) is 80.7 cm³/mol. The maximum Gasteiger partial charge on any atom is 0.141 e. The summed E-state index contributed by atoms with van der Waals surface area (Å²) < 4.78 is 14.5. The molecule has 0 radical (unpaired) electrons. The molecule has 0 aliphatic heterocycles. The Kier molecular flexibility index (Phi) is 4.57. The lowest BCUT2D eigenvalue weighted by Crippen LogP contribution is -2.00. The Bertz CT molecular complexity index is 552. The van der Waals surface area contributed by atoms with Gasteiger partial charge in [-0.2, -0.15) is 0 Å². The maximum atomic E-state index is 14.0. The highest BCUT2D eigenvalue weighted by atomic mass is 79.9. The third kappa shape index (κ3) is 3.01. The molecule has 0 aromatic heterocycles. The van der Waals surface area contributed by atoms with Gasteiger partial charge in [-0.25, -0.2) is 4.39 Å². The Labute approximate surface area is 123 Å². The van der Waals surface area contributed by atoms with Crippen molar-refractivity contribution in [1.82, 2.24) is 0 Å². The van der Waals surface area contributed by atoms with E-state index in [9.17, 15) is 4.39 Å². The fraction of sp³-hybridized carbons (Fsp3) is 0.200. The second-order valence-electron chi connectivity index (χ2n) is 4.24. The van der Waals surface area contributed by atoms with E-state index in [2.05, 4.69) is 50.9 Å². The molecule has 0 N–H and O–H groups in total. The number of halogens is 3. The van der Waals surface area contributed by atoms with Crippen molar-refractivity contribution in [3.63, 3.8) is 0 Å². The summed E-state index contributed by atoms with van der Waals surface area (Å²) in [6, 6.07) is 13.6. The second kappa shape index (κ2) is 5.98. The zero-order chi connectivity index (χ0) is 13.1. The van der Waals surface area contributed by atoms with Gasteiger partial charge in [-0.05, 0) is 46.5 Å². The average molecular weight is 372 g/mol. The summed E-state index contributed by atoms with van der Waals surface area (Å²) in [6.45, 7) is 2.08. The van der Waals surface area contributed by atoms with Crippen LogP contribution in [0.15, 0.2) is 46.9 Å². The van der Waals surface area contributed by atoms with Gasteiger partial charge in [-0.3, -0.25) is 0 Å². The summed E-state index contributed by atoms with van der Waals surface area (Å²) in [5.74, 6) is -0.187. The van der Waals surface area contributed by atoms with Crippen molar-refractivity contribution < 1.29 is 4.39 Å². The third-order valence-electron chi connectivity index (χ3n) is 2.98. The smallest absolute Gasteiger partial charge is 0.141 e. The lowest BCUT2D eigenvalue weighted by Gasteiger charge is -2.13. The van der Waals surface area contributed by atoms with E-state index in [-0.39, 0.29) is 10.6 Å². The van der Waals surface area contributed by atoms with Crippen LogP contribution in [0.5, 0.6) is 0 Å². The minimum absolute atomic E-state index is 0.0175. The third-order valence-corrected chi connectivity index (χ3v) is 4.41. The lowest BCUT2D eigenvalue weighted by atomic mass is 10.0. The van der Waals surface area contributed by atoms with E-state index in [0.717, 1.165) is 6.42 Å². The van der Waals surface area contributed by atoms with Gasteiger partial charge < -0.3 is 0 Å². The van der Waals surface area contributed by atoms with E-state index in [0.29, 0.717) is 10.0 Å². The molecule has 0 spiro atoms. The fourth-order valence-electron chi connectivity index (χ4n) is 1.90. The van der Waals surface area contributed by atoms with E-state index in [1.165, 1.54) is 11.1 Å². The van der Waals surface area contributed by atoms with Crippen molar-refractivity contribution >= 4 is 31.9 Å². The Morgan fingerprint density at radius 3 is 2.56 bits per heavy atom. The van der Waals surface area contributed by atoms with Crippen molar-refractivity contribution in [3.05, 3.63) is 69.4 Å². The molecule has 18 heavy (non-hydrogen) atoms. The molecule has 0 nitrogen and oxygen atoms in total. The van der Waals surface area contributed by atoms with Crippen LogP contribution in [0.3, 0.4) is 0 Å². The molecule has 0 amide bonds. The molecule has 0 aliphatic rings. The van der Waals surface area contributed by atoms with Gasteiger partial charge in [0.1, 0.15) is 5.82 Å². The molecular formula is C15H13Br2F. The second-order valence-corrected chi connectivity index (χ2v) is 6.20. The van der Waals surface area contributed by atoms with E-state index in [1.807, 2.05) is 24.3 Å². The average Bonchev–Trinajstić information content (AvgIpc) is 2.35. The number of hydrogen-bond acceptors (Lipinski definition) is 0. The van der Waals surface area contributed by atoms with Crippen molar-refractivity contribution in [2.24, 2.45) is 0 Å². The van der Waals surface area contributed by atoms with Gasteiger partial charge in [0.15, 0.2) is 0 Å². The van der Waals surface area contributed by atoms with Crippen LogP contribution in [0.1, 0.15) is 21.5 Å². The maximum absolute atomic E-state index is 14.0. The zero-order valence-corrected chi connectivity index (χ0v) is 13.1. The quantitative estimate of drug-likeness (QED) is 0.618. The van der Waals surface area contributed by atoms with E-state index >= 15 is 0 Å².